The highest BCUT2D eigenvalue weighted by Crippen LogP contribution is 2.27. The van der Waals surface area contributed by atoms with Gasteiger partial charge in [-0.15, -0.1) is 10.2 Å². The molecule has 0 aliphatic heterocycles. The maximum atomic E-state index is 12.1. The van der Waals surface area contributed by atoms with Crippen LogP contribution in [0.5, 0.6) is 5.75 Å². The minimum Gasteiger partial charge on any atom is -0.496 e. The topological polar surface area (TPSA) is 64.1 Å². The van der Waals surface area contributed by atoms with Crippen molar-refractivity contribution >= 4 is 50.1 Å². The Bertz CT molecular complexity index is 618. The van der Waals surface area contributed by atoms with Gasteiger partial charge in [-0.3, -0.25) is 10.1 Å². The summed E-state index contributed by atoms with van der Waals surface area (Å²) in [5.41, 5.74) is 0.526. The Morgan fingerprint density at radius 1 is 1.50 bits per heavy atom. The van der Waals surface area contributed by atoms with Crippen LogP contribution in [0.15, 0.2) is 27.0 Å². The third kappa shape index (κ3) is 3.71. The lowest BCUT2D eigenvalue weighted by Crippen LogP contribution is -2.11. The van der Waals surface area contributed by atoms with Gasteiger partial charge in [-0.2, -0.15) is 0 Å². The van der Waals surface area contributed by atoms with Crippen LogP contribution in [0.2, 0.25) is 0 Å². The van der Waals surface area contributed by atoms with Crippen LogP contribution in [-0.2, 0) is 0 Å². The Morgan fingerprint density at radius 3 is 2.95 bits per heavy atom. The van der Waals surface area contributed by atoms with E-state index in [0.717, 1.165) is 14.6 Å². The van der Waals surface area contributed by atoms with Gasteiger partial charge in [0.1, 0.15) is 5.75 Å². The standard InChI is InChI=1S/C12H12BrN3O2S2/c1-3-19-12-16-15-11(20-12)14-10(17)7-4-5-9(18-2)8(13)6-7/h4-6H,3H2,1-2H3,(H,14,15,17). The number of benzene rings is 1. The maximum Gasteiger partial charge on any atom is 0.257 e. The van der Waals surface area contributed by atoms with Crippen LogP contribution in [0.25, 0.3) is 0 Å². The summed E-state index contributed by atoms with van der Waals surface area (Å²) in [5.74, 6) is 1.38. The van der Waals surface area contributed by atoms with Crippen molar-refractivity contribution in [3.05, 3.63) is 28.2 Å². The molecule has 1 aromatic heterocycles. The molecule has 0 spiro atoms. The van der Waals surface area contributed by atoms with Crippen LogP contribution in [0.1, 0.15) is 17.3 Å². The molecule has 1 amide bonds. The molecule has 1 heterocycles. The Morgan fingerprint density at radius 2 is 2.30 bits per heavy atom. The molecule has 0 radical (unpaired) electrons. The van der Waals surface area contributed by atoms with Crippen LogP contribution < -0.4 is 10.1 Å². The minimum atomic E-state index is -0.224. The number of rotatable bonds is 5. The number of carbonyl (C=O) groups excluding carboxylic acids is 1. The number of hydrogen-bond acceptors (Lipinski definition) is 6. The highest BCUT2D eigenvalue weighted by molar-refractivity contribution is 9.10. The number of methoxy groups -OCH3 is 1. The highest BCUT2D eigenvalue weighted by Gasteiger charge is 2.12. The summed E-state index contributed by atoms with van der Waals surface area (Å²) < 4.78 is 6.70. The summed E-state index contributed by atoms with van der Waals surface area (Å²) in [7, 11) is 1.58. The second kappa shape index (κ2) is 7.05. The van der Waals surface area contributed by atoms with E-state index in [2.05, 4.69) is 31.4 Å². The Labute approximate surface area is 133 Å². The number of carbonyl (C=O) groups is 1. The molecule has 0 saturated carbocycles. The molecule has 0 unspecified atom stereocenters. The summed E-state index contributed by atoms with van der Waals surface area (Å²) >= 11 is 6.31. The van der Waals surface area contributed by atoms with E-state index in [9.17, 15) is 4.79 Å². The van der Waals surface area contributed by atoms with Gasteiger partial charge in [-0.1, -0.05) is 30.0 Å². The summed E-state index contributed by atoms with van der Waals surface area (Å²) in [6.45, 7) is 2.04. The molecule has 8 heteroatoms. The molecule has 5 nitrogen and oxygen atoms in total. The molecule has 0 atom stereocenters. The van der Waals surface area contributed by atoms with Gasteiger partial charge in [0, 0.05) is 5.56 Å². The van der Waals surface area contributed by atoms with Crippen molar-refractivity contribution in [1.29, 1.82) is 0 Å². The lowest BCUT2D eigenvalue weighted by Gasteiger charge is -2.05. The molecule has 0 saturated heterocycles. The summed E-state index contributed by atoms with van der Waals surface area (Å²) in [6.07, 6.45) is 0. The Hall–Kier alpha value is -1.12. The van der Waals surface area contributed by atoms with Gasteiger partial charge in [0.25, 0.3) is 5.91 Å². The summed E-state index contributed by atoms with van der Waals surface area (Å²) in [6, 6.07) is 5.13. The van der Waals surface area contributed by atoms with E-state index in [-0.39, 0.29) is 5.91 Å². The lowest BCUT2D eigenvalue weighted by molar-refractivity contribution is 0.102. The molecule has 1 aromatic carbocycles. The third-order valence-corrected chi connectivity index (χ3v) is 4.78. The van der Waals surface area contributed by atoms with E-state index in [1.807, 2.05) is 6.92 Å². The minimum absolute atomic E-state index is 0.224. The van der Waals surface area contributed by atoms with Crippen LogP contribution in [0.3, 0.4) is 0 Å². The van der Waals surface area contributed by atoms with Crippen molar-refractivity contribution in [3.63, 3.8) is 0 Å². The fourth-order valence-corrected chi connectivity index (χ4v) is 3.60. The van der Waals surface area contributed by atoms with E-state index in [0.29, 0.717) is 16.4 Å². The van der Waals surface area contributed by atoms with E-state index in [1.165, 1.54) is 11.3 Å². The van der Waals surface area contributed by atoms with Crippen LogP contribution in [0.4, 0.5) is 5.13 Å². The number of halogens is 1. The number of nitrogens with zero attached hydrogens (tertiary/aromatic N) is 2. The monoisotopic (exact) mass is 373 g/mol. The number of nitrogens with one attached hydrogen (secondary N) is 1. The summed E-state index contributed by atoms with van der Waals surface area (Å²) in [5, 5.41) is 11.2. The highest BCUT2D eigenvalue weighted by atomic mass is 79.9. The first-order valence-corrected chi connectivity index (χ1v) is 8.34. The zero-order valence-corrected chi connectivity index (χ0v) is 14.1. The van der Waals surface area contributed by atoms with E-state index >= 15 is 0 Å². The van der Waals surface area contributed by atoms with Gasteiger partial charge in [0.15, 0.2) is 4.34 Å². The first-order chi connectivity index (χ1) is 9.63. The number of ether oxygens (including phenoxy) is 1. The fraction of sp³-hybridized carbons (Fsp3) is 0.250. The van der Waals surface area contributed by atoms with Gasteiger partial charge in [-0.05, 0) is 39.9 Å². The van der Waals surface area contributed by atoms with Crippen molar-refractivity contribution in [2.24, 2.45) is 0 Å². The Balaban J connectivity index is 2.09. The molecule has 0 aliphatic carbocycles. The number of thioether (sulfide) groups is 1. The largest absolute Gasteiger partial charge is 0.496 e. The van der Waals surface area contributed by atoms with Crippen LogP contribution >= 0.6 is 39.0 Å². The van der Waals surface area contributed by atoms with Gasteiger partial charge >= 0.3 is 0 Å². The average Bonchev–Trinajstić information content (AvgIpc) is 2.86. The average molecular weight is 374 g/mol. The molecule has 1 N–H and O–H groups in total. The van der Waals surface area contributed by atoms with Crippen LogP contribution in [0, 0.1) is 0 Å². The zero-order valence-electron chi connectivity index (χ0n) is 10.8. The molecule has 106 valence electrons. The zero-order chi connectivity index (χ0) is 14.5. The van der Waals surface area contributed by atoms with Crippen molar-refractivity contribution < 1.29 is 9.53 Å². The van der Waals surface area contributed by atoms with E-state index in [1.54, 1.807) is 37.1 Å². The second-order valence-corrected chi connectivity index (χ2v) is 6.95. The van der Waals surface area contributed by atoms with Crippen molar-refractivity contribution in [2.45, 2.75) is 11.3 Å². The fourth-order valence-electron chi connectivity index (χ4n) is 1.42. The maximum absolute atomic E-state index is 12.1. The second-order valence-electron chi connectivity index (χ2n) is 3.61. The number of amides is 1. The lowest BCUT2D eigenvalue weighted by atomic mass is 10.2. The normalized spacial score (nSPS) is 10.3. The van der Waals surface area contributed by atoms with E-state index in [4.69, 9.17) is 4.74 Å². The van der Waals surface area contributed by atoms with Crippen LogP contribution in [-0.4, -0.2) is 29.0 Å². The molecule has 2 rings (SSSR count). The van der Waals surface area contributed by atoms with Gasteiger partial charge in [0.05, 0.1) is 11.6 Å². The van der Waals surface area contributed by atoms with Crippen molar-refractivity contribution in [1.82, 2.24) is 10.2 Å². The predicted octanol–water partition coefficient (Wildman–Crippen LogP) is 3.67. The molecule has 0 fully saturated rings. The van der Waals surface area contributed by atoms with Gasteiger partial charge in [-0.25, -0.2) is 0 Å². The molecule has 20 heavy (non-hydrogen) atoms. The van der Waals surface area contributed by atoms with Gasteiger partial charge < -0.3 is 4.74 Å². The molecule has 2 aromatic rings. The molecular weight excluding hydrogens is 362 g/mol. The van der Waals surface area contributed by atoms with Crippen molar-refractivity contribution in [3.8, 4) is 5.75 Å². The molecule has 0 aliphatic rings. The Kier molecular flexibility index (Phi) is 5.38. The van der Waals surface area contributed by atoms with Gasteiger partial charge in [0.2, 0.25) is 5.13 Å². The third-order valence-electron chi connectivity index (χ3n) is 2.31. The van der Waals surface area contributed by atoms with E-state index < -0.39 is 0 Å². The molecule has 0 bridgehead atoms. The first-order valence-electron chi connectivity index (χ1n) is 5.75. The number of aromatic nitrogens is 2. The van der Waals surface area contributed by atoms with Crippen molar-refractivity contribution in [2.75, 3.05) is 18.2 Å². The number of hydrogen-bond donors (Lipinski definition) is 1. The number of anilines is 1. The quantitative estimate of drug-likeness (QED) is 0.639. The smallest absolute Gasteiger partial charge is 0.257 e. The predicted molar refractivity (Wildman–Crippen MR) is 85.0 cm³/mol. The first kappa shape index (κ1) is 15.3. The molecular formula is C12H12BrN3O2S2. The SMILES string of the molecule is CCSc1nnc(NC(=O)c2ccc(OC)c(Br)c2)s1. The summed E-state index contributed by atoms with van der Waals surface area (Å²) in [4.78, 5) is 12.1.